The maximum atomic E-state index is 12.3. The number of benzene rings is 1. The normalized spacial score (nSPS) is 11.9. The third-order valence-corrected chi connectivity index (χ3v) is 5.55. The molecule has 0 aliphatic carbocycles. The van der Waals surface area contributed by atoms with Crippen LogP contribution in [0.5, 0.6) is 5.75 Å². The Labute approximate surface area is 170 Å². The number of carbonyl (C=O) groups excluding carboxylic acids is 1. The van der Waals surface area contributed by atoms with Crippen molar-refractivity contribution in [2.45, 2.75) is 23.0 Å². The van der Waals surface area contributed by atoms with Crippen LogP contribution in [0.25, 0.3) is 0 Å². The van der Waals surface area contributed by atoms with Gasteiger partial charge < -0.3 is 18.7 Å². The summed E-state index contributed by atoms with van der Waals surface area (Å²) in [4.78, 5) is 24.9. The lowest BCUT2D eigenvalue weighted by Crippen LogP contribution is -2.13. The van der Waals surface area contributed by atoms with E-state index in [0.29, 0.717) is 22.3 Å². The van der Waals surface area contributed by atoms with Gasteiger partial charge in [0.05, 0.1) is 36.5 Å². The van der Waals surface area contributed by atoms with Gasteiger partial charge in [-0.3, -0.25) is 9.59 Å². The zero-order valence-electron chi connectivity index (χ0n) is 14.9. The molecule has 1 atom stereocenters. The van der Waals surface area contributed by atoms with Gasteiger partial charge in [-0.25, -0.2) is 0 Å². The number of hydrogen-bond acceptors (Lipinski definition) is 7. The molecule has 0 fully saturated rings. The lowest BCUT2D eigenvalue weighted by molar-refractivity contribution is -0.141. The number of hydrogen-bond donors (Lipinski definition) is 1. The van der Waals surface area contributed by atoms with Crippen LogP contribution in [0.3, 0.4) is 0 Å². The van der Waals surface area contributed by atoms with Gasteiger partial charge in [-0.05, 0) is 24.3 Å². The van der Waals surface area contributed by atoms with Crippen LogP contribution >= 0.6 is 23.4 Å². The molecule has 8 heteroatoms. The number of halogens is 1. The summed E-state index contributed by atoms with van der Waals surface area (Å²) in [6.45, 7) is 0. The fourth-order valence-corrected chi connectivity index (χ4v) is 3.76. The fraction of sp³-hybridized carbons (Fsp3) is 0.200. The maximum absolute atomic E-state index is 12.3. The van der Waals surface area contributed by atoms with Crippen molar-refractivity contribution < 1.29 is 23.5 Å². The molecule has 6 nitrogen and oxygen atoms in total. The third kappa shape index (κ3) is 4.61. The molecule has 0 radical (unpaired) electrons. The molecule has 0 spiro atoms. The number of esters is 1. The Morgan fingerprint density at radius 3 is 2.75 bits per heavy atom. The Hall–Kier alpha value is -2.64. The monoisotopic (exact) mass is 420 g/mol. The van der Waals surface area contributed by atoms with Gasteiger partial charge in [0, 0.05) is 11.0 Å². The van der Waals surface area contributed by atoms with E-state index in [1.807, 2.05) is 18.2 Å². The second-order valence-electron chi connectivity index (χ2n) is 5.86. The minimum atomic E-state index is -0.791. The van der Waals surface area contributed by atoms with E-state index in [1.54, 1.807) is 18.2 Å². The molecule has 0 amide bonds. The molecule has 3 rings (SSSR count). The van der Waals surface area contributed by atoms with Crippen LogP contribution < -0.4 is 5.43 Å². The first kappa shape index (κ1) is 20.1. The van der Waals surface area contributed by atoms with E-state index in [4.69, 9.17) is 25.2 Å². The predicted octanol–water partition coefficient (Wildman–Crippen LogP) is 4.58. The minimum Gasteiger partial charge on any atom is -0.502 e. The summed E-state index contributed by atoms with van der Waals surface area (Å²) in [7, 11) is 1.26. The van der Waals surface area contributed by atoms with E-state index in [1.165, 1.54) is 31.2 Å². The van der Waals surface area contributed by atoms with Gasteiger partial charge in [-0.1, -0.05) is 23.7 Å². The van der Waals surface area contributed by atoms with Gasteiger partial charge in [0.2, 0.25) is 11.2 Å². The Balaban J connectivity index is 1.94. The molecule has 0 aliphatic heterocycles. The lowest BCUT2D eigenvalue weighted by Gasteiger charge is -2.15. The van der Waals surface area contributed by atoms with E-state index in [-0.39, 0.29) is 12.2 Å². The first-order chi connectivity index (χ1) is 13.5. The number of thioether (sulfide) groups is 1. The zero-order chi connectivity index (χ0) is 20.1. The Bertz CT molecular complexity index is 1010. The Morgan fingerprint density at radius 2 is 2.07 bits per heavy atom. The summed E-state index contributed by atoms with van der Waals surface area (Å²) in [5.74, 6) is -0.891. The van der Waals surface area contributed by atoms with Gasteiger partial charge in [0.1, 0.15) is 11.5 Å². The van der Waals surface area contributed by atoms with Crippen molar-refractivity contribution in [1.82, 2.24) is 0 Å². The van der Waals surface area contributed by atoms with Crippen LogP contribution in [0.4, 0.5) is 0 Å². The smallest absolute Gasteiger partial charge is 0.306 e. The SMILES string of the molecule is COC(=O)C[C@@H](c1ccco1)c1oc(CSc2ccccc2Cl)cc(=O)c1O. The highest BCUT2D eigenvalue weighted by atomic mass is 35.5. The average Bonchev–Trinajstić information content (AvgIpc) is 3.22. The van der Waals surface area contributed by atoms with Crippen molar-refractivity contribution in [2.24, 2.45) is 0 Å². The highest BCUT2D eigenvalue weighted by molar-refractivity contribution is 7.98. The molecular weight excluding hydrogens is 404 g/mol. The summed E-state index contributed by atoms with van der Waals surface area (Å²) in [5, 5.41) is 10.9. The van der Waals surface area contributed by atoms with Crippen LogP contribution in [0, 0.1) is 0 Å². The number of carbonyl (C=O) groups is 1. The summed E-state index contributed by atoms with van der Waals surface area (Å²) < 4.78 is 15.9. The Kier molecular flexibility index (Phi) is 6.49. The van der Waals surface area contributed by atoms with Crippen LogP contribution in [0.2, 0.25) is 5.02 Å². The molecule has 0 aliphatic rings. The van der Waals surface area contributed by atoms with Crippen LogP contribution in [0.1, 0.15) is 29.6 Å². The van der Waals surface area contributed by atoms with Gasteiger partial charge in [0.25, 0.3) is 0 Å². The lowest BCUT2D eigenvalue weighted by atomic mass is 9.98. The largest absolute Gasteiger partial charge is 0.502 e. The number of rotatable bonds is 7. The molecule has 28 heavy (non-hydrogen) atoms. The van der Waals surface area contributed by atoms with Gasteiger partial charge in [0.15, 0.2) is 5.76 Å². The Morgan fingerprint density at radius 1 is 1.29 bits per heavy atom. The summed E-state index contributed by atoms with van der Waals surface area (Å²) in [6, 6.07) is 11.8. The van der Waals surface area contributed by atoms with Gasteiger partial charge in [-0.15, -0.1) is 11.8 Å². The van der Waals surface area contributed by atoms with Crippen LogP contribution in [-0.2, 0) is 15.3 Å². The van der Waals surface area contributed by atoms with Crippen LogP contribution in [-0.4, -0.2) is 18.2 Å². The number of furan rings is 1. The summed E-state index contributed by atoms with van der Waals surface area (Å²) in [5.41, 5.74) is -0.600. The third-order valence-electron chi connectivity index (χ3n) is 4.01. The second kappa shape index (κ2) is 9.03. The van der Waals surface area contributed by atoms with Gasteiger partial charge in [-0.2, -0.15) is 0 Å². The minimum absolute atomic E-state index is 0.0393. The maximum Gasteiger partial charge on any atom is 0.306 e. The first-order valence-electron chi connectivity index (χ1n) is 8.33. The van der Waals surface area contributed by atoms with Crippen molar-refractivity contribution in [2.75, 3.05) is 7.11 Å². The van der Waals surface area contributed by atoms with E-state index < -0.39 is 23.1 Å². The van der Waals surface area contributed by atoms with E-state index in [2.05, 4.69) is 0 Å². The molecule has 1 aromatic carbocycles. The number of ether oxygens (including phenoxy) is 1. The van der Waals surface area contributed by atoms with E-state index in [0.717, 1.165) is 4.90 Å². The quantitative estimate of drug-likeness (QED) is 0.442. The number of methoxy groups -OCH3 is 1. The summed E-state index contributed by atoms with van der Waals surface area (Å²) >= 11 is 7.54. The molecular formula is C20H17ClO6S. The molecule has 3 aromatic rings. The fourth-order valence-electron chi connectivity index (χ4n) is 2.64. The van der Waals surface area contributed by atoms with Crippen molar-refractivity contribution in [1.29, 1.82) is 0 Å². The van der Waals surface area contributed by atoms with Crippen molar-refractivity contribution in [3.63, 3.8) is 0 Å². The molecule has 0 saturated heterocycles. The molecule has 0 bridgehead atoms. The summed E-state index contributed by atoms with van der Waals surface area (Å²) in [6.07, 6.45) is 1.29. The van der Waals surface area contributed by atoms with Crippen LogP contribution in [0.15, 0.2) is 67.3 Å². The molecule has 2 heterocycles. The van der Waals surface area contributed by atoms with E-state index in [9.17, 15) is 14.7 Å². The average molecular weight is 421 g/mol. The molecule has 0 unspecified atom stereocenters. The number of aromatic hydroxyl groups is 1. The van der Waals surface area contributed by atoms with Crippen molar-refractivity contribution in [3.8, 4) is 5.75 Å². The molecule has 0 saturated carbocycles. The zero-order valence-corrected chi connectivity index (χ0v) is 16.5. The highest BCUT2D eigenvalue weighted by Gasteiger charge is 2.28. The standard InChI is InChI=1S/C20H17ClO6S/c1-25-18(23)10-13(16-6-4-8-26-16)20-19(24)15(22)9-12(27-20)11-28-17-7-3-2-5-14(17)21/h2-9,13,24H,10-11H2,1H3/t13-/m0/s1. The van der Waals surface area contributed by atoms with E-state index >= 15 is 0 Å². The molecule has 2 aromatic heterocycles. The topological polar surface area (TPSA) is 89.9 Å². The second-order valence-corrected chi connectivity index (χ2v) is 7.28. The van der Waals surface area contributed by atoms with Crippen molar-refractivity contribution in [3.05, 3.63) is 81.3 Å². The van der Waals surface area contributed by atoms with Gasteiger partial charge >= 0.3 is 5.97 Å². The predicted molar refractivity (Wildman–Crippen MR) is 105 cm³/mol. The molecule has 146 valence electrons. The highest BCUT2D eigenvalue weighted by Crippen LogP contribution is 2.35. The molecule has 1 N–H and O–H groups in total. The first-order valence-corrected chi connectivity index (χ1v) is 9.69. The van der Waals surface area contributed by atoms with Crippen molar-refractivity contribution >= 4 is 29.3 Å².